The van der Waals surface area contributed by atoms with Gasteiger partial charge < -0.3 is 33.9 Å². The summed E-state index contributed by atoms with van der Waals surface area (Å²) in [5.41, 5.74) is 0.300. The minimum Gasteiger partial charge on any atom is -0.460 e. The zero-order chi connectivity index (χ0) is 22.1. The first kappa shape index (κ1) is 26.9. The number of esters is 1. The molecule has 0 aliphatic heterocycles. The highest BCUT2D eigenvalue weighted by atomic mass is 28.3. The molecular formula is C18H35N3O7Si. The fraction of sp³-hybridized carbons (Fsp3) is 0.722. The SMILES string of the molecule is C=C(C)C(=O)OCCNC(=O)N(C)CCOC(=O)NCCC[SiH](OCC)OCC. The Bertz CT molecular complexity index is 514. The lowest BCUT2D eigenvalue weighted by molar-refractivity contribution is -0.138. The number of rotatable bonds is 15. The van der Waals surface area contributed by atoms with Crippen molar-refractivity contribution in [2.75, 3.05) is 53.1 Å². The molecule has 0 unspecified atom stereocenters. The molecule has 168 valence electrons. The average molecular weight is 434 g/mol. The van der Waals surface area contributed by atoms with Crippen molar-refractivity contribution >= 4 is 27.4 Å². The van der Waals surface area contributed by atoms with Crippen LogP contribution in [0.4, 0.5) is 9.59 Å². The predicted octanol–water partition coefficient (Wildman–Crippen LogP) is 1.16. The van der Waals surface area contributed by atoms with Crippen LogP contribution in [0.3, 0.4) is 0 Å². The Morgan fingerprint density at radius 1 is 1.00 bits per heavy atom. The molecule has 0 saturated carbocycles. The number of carbonyl (C=O) groups is 3. The van der Waals surface area contributed by atoms with Gasteiger partial charge >= 0.3 is 27.4 Å². The smallest absolute Gasteiger partial charge is 0.407 e. The molecule has 11 heteroatoms. The first-order valence-corrected chi connectivity index (χ1v) is 11.5. The summed E-state index contributed by atoms with van der Waals surface area (Å²) in [6, 6.07) is 0.454. The van der Waals surface area contributed by atoms with Gasteiger partial charge in [0.05, 0.1) is 13.1 Å². The van der Waals surface area contributed by atoms with E-state index >= 15 is 0 Å². The standard InChI is InChI=1S/C18H35N3O7Si/c1-6-27-29(28-7-2)14-8-9-20-18(24)26-13-11-21(5)17(23)19-10-12-25-16(22)15(3)4/h29H,3,6-14H2,1-2,4-5H3,(H,19,23)(H,20,24). The first-order chi connectivity index (χ1) is 13.8. The summed E-state index contributed by atoms with van der Waals surface area (Å²) in [4.78, 5) is 36.1. The van der Waals surface area contributed by atoms with Crippen LogP contribution in [0.5, 0.6) is 0 Å². The highest BCUT2D eigenvalue weighted by Gasteiger charge is 2.12. The molecule has 0 bridgehead atoms. The fourth-order valence-corrected chi connectivity index (χ4v) is 3.74. The van der Waals surface area contributed by atoms with E-state index < -0.39 is 21.3 Å². The van der Waals surface area contributed by atoms with E-state index in [4.69, 9.17) is 18.3 Å². The van der Waals surface area contributed by atoms with E-state index in [1.54, 1.807) is 14.0 Å². The Labute approximate surface area is 174 Å². The van der Waals surface area contributed by atoms with E-state index in [9.17, 15) is 14.4 Å². The number of urea groups is 1. The van der Waals surface area contributed by atoms with Gasteiger partial charge in [-0.15, -0.1) is 0 Å². The monoisotopic (exact) mass is 433 g/mol. The van der Waals surface area contributed by atoms with Crippen molar-refractivity contribution in [2.45, 2.75) is 33.2 Å². The van der Waals surface area contributed by atoms with Gasteiger partial charge in [0.1, 0.15) is 13.2 Å². The minimum absolute atomic E-state index is 0.0560. The Kier molecular flexibility index (Phi) is 15.6. The number of nitrogens with one attached hydrogen (secondary N) is 2. The third kappa shape index (κ3) is 14.5. The molecule has 0 aromatic carbocycles. The summed E-state index contributed by atoms with van der Waals surface area (Å²) < 4.78 is 21.0. The van der Waals surface area contributed by atoms with Gasteiger partial charge in [0, 0.05) is 32.4 Å². The van der Waals surface area contributed by atoms with Crippen molar-refractivity contribution in [3.05, 3.63) is 12.2 Å². The molecule has 0 aromatic heterocycles. The first-order valence-electron chi connectivity index (χ1n) is 9.77. The number of ether oxygens (including phenoxy) is 2. The summed E-state index contributed by atoms with van der Waals surface area (Å²) in [5, 5.41) is 5.25. The van der Waals surface area contributed by atoms with E-state index in [-0.39, 0.29) is 32.3 Å². The zero-order valence-corrected chi connectivity index (χ0v) is 19.1. The summed E-state index contributed by atoms with van der Waals surface area (Å²) in [7, 11) is -0.0703. The van der Waals surface area contributed by atoms with Crippen molar-refractivity contribution in [1.29, 1.82) is 0 Å². The minimum atomic E-state index is -1.64. The second-order valence-electron chi connectivity index (χ2n) is 6.11. The molecule has 29 heavy (non-hydrogen) atoms. The van der Waals surface area contributed by atoms with Gasteiger partial charge in [-0.05, 0) is 33.2 Å². The second-order valence-corrected chi connectivity index (χ2v) is 8.22. The summed E-state index contributed by atoms with van der Waals surface area (Å²) >= 11 is 0. The predicted molar refractivity (Wildman–Crippen MR) is 111 cm³/mol. The summed E-state index contributed by atoms with van der Waals surface area (Å²) in [5.74, 6) is -0.499. The Hall–Kier alpha value is -2.11. The van der Waals surface area contributed by atoms with Gasteiger partial charge in [-0.1, -0.05) is 6.58 Å². The Morgan fingerprint density at radius 2 is 1.66 bits per heavy atom. The zero-order valence-electron chi connectivity index (χ0n) is 18.0. The molecule has 0 fully saturated rings. The molecule has 0 aliphatic rings. The molecule has 0 saturated heterocycles. The van der Waals surface area contributed by atoms with Crippen LogP contribution in [0, 0.1) is 0 Å². The maximum absolute atomic E-state index is 11.9. The van der Waals surface area contributed by atoms with Crippen LogP contribution in [0.1, 0.15) is 27.2 Å². The number of nitrogens with zero attached hydrogens (tertiary/aromatic N) is 1. The van der Waals surface area contributed by atoms with E-state index in [2.05, 4.69) is 17.2 Å². The molecule has 0 aromatic rings. The van der Waals surface area contributed by atoms with Gasteiger partial charge in [-0.3, -0.25) is 0 Å². The third-order valence-corrected chi connectivity index (χ3v) is 5.85. The highest BCUT2D eigenvalue weighted by Crippen LogP contribution is 2.01. The van der Waals surface area contributed by atoms with Crippen LogP contribution < -0.4 is 10.6 Å². The number of hydrogen-bond acceptors (Lipinski definition) is 7. The van der Waals surface area contributed by atoms with Gasteiger partial charge in [-0.25, -0.2) is 14.4 Å². The largest absolute Gasteiger partial charge is 0.460 e. The van der Waals surface area contributed by atoms with Crippen LogP contribution in [0.15, 0.2) is 12.2 Å². The van der Waals surface area contributed by atoms with Crippen LogP contribution in [-0.4, -0.2) is 85.4 Å². The van der Waals surface area contributed by atoms with E-state index in [1.165, 1.54) is 4.90 Å². The molecule has 0 atom stereocenters. The lowest BCUT2D eigenvalue weighted by Crippen LogP contribution is -2.41. The molecule has 10 nitrogen and oxygen atoms in total. The van der Waals surface area contributed by atoms with Crippen molar-refractivity contribution in [2.24, 2.45) is 0 Å². The number of alkyl carbamates (subject to hydrolysis) is 1. The van der Waals surface area contributed by atoms with Gasteiger partial charge in [0.2, 0.25) is 0 Å². The molecule has 0 rings (SSSR count). The van der Waals surface area contributed by atoms with E-state index in [1.807, 2.05) is 13.8 Å². The van der Waals surface area contributed by atoms with Crippen LogP contribution in [0.2, 0.25) is 6.04 Å². The Balaban J connectivity index is 3.79. The van der Waals surface area contributed by atoms with Crippen molar-refractivity contribution in [3.63, 3.8) is 0 Å². The number of carbonyl (C=O) groups excluding carboxylic acids is 3. The fourth-order valence-electron chi connectivity index (χ4n) is 2.03. The van der Waals surface area contributed by atoms with Crippen molar-refractivity contribution < 1.29 is 32.7 Å². The average Bonchev–Trinajstić information content (AvgIpc) is 2.68. The van der Waals surface area contributed by atoms with Gasteiger partial charge in [0.25, 0.3) is 0 Å². The van der Waals surface area contributed by atoms with Crippen molar-refractivity contribution in [3.8, 4) is 0 Å². The lowest BCUT2D eigenvalue weighted by Gasteiger charge is -2.18. The molecule has 2 N–H and O–H groups in total. The van der Waals surface area contributed by atoms with Crippen LogP contribution in [0.25, 0.3) is 0 Å². The topological polar surface area (TPSA) is 115 Å². The third-order valence-electron chi connectivity index (χ3n) is 3.56. The molecule has 0 spiro atoms. The van der Waals surface area contributed by atoms with Crippen LogP contribution >= 0.6 is 0 Å². The summed E-state index contributed by atoms with van der Waals surface area (Å²) in [6.45, 7) is 11.1. The maximum Gasteiger partial charge on any atom is 0.407 e. The van der Waals surface area contributed by atoms with Gasteiger partial charge in [0.15, 0.2) is 0 Å². The molecule has 3 amide bonds. The number of hydrogen-bond donors (Lipinski definition) is 2. The number of likely N-dealkylation sites (N-methyl/N-ethyl adjacent to an activating group) is 1. The second kappa shape index (κ2) is 16.8. The normalized spacial score (nSPS) is 10.4. The number of amides is 3. The van der Waals surface area contributed by atoms with E-state index in [0.29, 0.717) is 25.3 Å². The quantitative estimate of drug-likeness (QED) is 0.172. The Morgan fingerprint density at radius 3 is 2.24 bits per heavy atom. The van der Waals surface area contributed by atoms with Gasteiger partial charge in [-0.2, -0.15) is 0 Å². The summed E-state index contributed by atoms with van der Waals surface area (Å²) in [6.07, 6.45) is 0.223. The van der Waals surface area contributed by atoms with E-state index in [0.717, 1.165) is 12.5 Å². The van der Waals surface area contributed by atoms with Crippen molar-refractivity contribution in [1.82, 2.24) is 15.5 Å². The molecule has 0 heterocycles. The molecular weight excluding hydrogens is 398 g/mol. The molecule has 0 radical (unpaired) electrons. The molecule has 0 aliphatic carbocycles. The highest BCUT2D eigenvalue weighted by molar-refractivity contribution is 6.44. The lowest BCUT2D eigenvalue weighted by atomic mass is 10.4. The van der Waals surface area contributed by atoms with Crippen LogP contribution in [-0.2, 0) is 23.1 Å². The maximum atomic E-state index is 11.9.